The molecule has 1 heterocycles. The average molecular weight is 450 g/mol. The third kappa shape index (κ3) is 4.80. The van der Waals surface area contributed by atoms with Crippen molar-refractivity contribution in [2.24, 2.45) is 0 Å². The molecule has 1 fully saturated rings. The van der Waals surface area contributed by atoms with E-state index in [4.69, 9.17) is 11.6 Å². The number of sulfonamides is 1. The minimum Gasteiger partial charge on any atom is -0.207 e. The van der Waals surface area contributed by atoms with E-state index in [-0.39, 0.29) is 16.2 Å². The Morgan fingerprint density at radius 1 is 1.03 bits per heavy atom. The standard InChI is InChI=1S/C19H20ClN5O2S2/c20-14-10-12-16(13-11-14)29(26,27)22-17-8-4-5-9-18(17)28-19-21-23-24-25(19)15-6-2-1-3-7-15/h1-3,6-7,10-13,17-18,22H,4-5,8-9H2/t17-,18-/m0/s1. The summed E-state index contributed by atoms with van der Waals surface area (Å²) in [7, 11) is -3.63. The molecule has 152 valence electrons. The number of nitrogens with zero attached hydrogens (tertiary/aromatic N) is 4. The molecule has 7 nitrogen and oxygen atoms in total. The maximum absolute atomic E-state index is 12.8. The molecule has 2 aromatic carbocycles. The van der Waals surface area contributed by atoms with Gasteiger partial charge in [0.05, 0.1) is 10.6 Å². The van der Waals surface area contributed by atoms with Crippen LogP contribution < -0.4 is 4.72 Å². The van der Waals surface area contributed by atoms with Gasteiger partial charge in [-0.1, -0.05) is 54.4 Å². The lowest BCUT2D eigenvalue weighted by molar-refractivity contribution is 0.422. The lowest BCUT2D eigenvalue weighted by Crippen LogP contribution is -2.43. The summed E-state index contributed by atoms with van der Waals surface area (Å²) in [4.78, 5) is 0.213. The van der Waals surface area contributed by atoms with Crippen molar-refractivity contribution in [3.63, 3.8) is 0 Å². The first-order chi connectivity index (χ1) is 14.0. The third-order valence-electron chi connectivity index (χ3n) is 4.83. The second-order valence-electron chi connectivity index (χ2n) is 6.83. The maximum atomic E-state index is 12.8. The first kappa shape index (κ1) is 20.3. The van der Waals surface area contributed by atoms with Crippen LogP contribution in [0.15, 0.2) is 64.6 Å². The summed E-state index contributed by atoms with van der Waals surface area (Å²) < 4.78 is 30.2. The van der Waals surface area contributed by atoms with Crippen LogP contribution in [-0.2, 0) is 10.0 Å². The number of para-hydroxylation sites is 1. The zero-order chi connectivity index (χ0) is 20.3. The fraction of sp³-hybridized carbons (Fsp3) is 0.316. The summed E-state index contributed by atoms with van der Waals surface area (Å²) in [5.74, 6) is 0. The predicted molar refractivity (Wildman–Crippen MR) is 113 cm³/mol. The highest BCUT2D eigenvalue weighted by Crippen LogP contribution is 2.34. The summed E-state index contributed by atoms with van der Waals surface area (Å²) >= 11 is 7.40. The highest BCUT2D eigenvalue weighted by Gasteiger charge is 2.31. The summed E-state index contributed by atoms with van der Waals surface area (Å²) in [5.41, 5.74) is 0.870. The van der Waals surface area contributed by atoms with E-state index in [0.717, 1.165) is 31.4 Å². The van der Waals surface area contributed by atoms with Crippen LogP contribution in [0.4, 0.5) is 0 Å². The third-order valence-corrected chi connectivity index (χ3v) is 7.92. The second-order valence-corrected chi connectivity index (χ2v) is 10.2. The highest BCUT2D eigenvalue weighted by molar-refractivity contribution is 7.99. The summed E-state index contributed by atoms with van der Waals surface area (Å²) in [6.45, 7) is 0. The van der Waals surface area contributed by atoms with E-state index in [1.165, 1.54) is 23.9 Å². The van der Waals surface area contributed by atoms with Crippen molar-refractivity contribution in [2.45, 2.75) is 47.0 Å². The molecule has 1 aromatic heterocycles. The monoisotopic (exact) mass is 449 g/mol. The molecule has 0 amide bonds. The Bertz CT molecular complexity index is 1060. The lowest BCUT2D eigenvalue weighted by atomic mass is 9.96. The Kier molecular flexibility index (Phi) is 6.19. The van der Waals surface area contributed by atoms with Gasteiger partial charge < -0.3 is 0 Å². The molecule has 4 rings (SSSR count). The number of tetrazole rings is 1. The number of hydrogen-bond acceptors (Lipinski definition) is 6. The molecule has 3 aromatic rings. The number of thioether (sulfide) groups is 1. The van der Waals surface area contributed by atoms with Gasteiger partial charge in [0.2, 0.25) is 15.2 Å². The highest BCUT2D eigenvalue weighted by atomic mass is 35.5. The van der Waals surface area contributed by atoms with Gasteiger partial charge >= 0.3 is 0 Å². The maximum Gasteiger partial charge on any atom is 0.240 e. The molecule has 0 aliphatic heterocycles. The zero-order valence-corrected chi connectivity index (χ0v) is 17.9. The van der Waals surface area contributed by atoms with E-state index >= 15 is 0 Å². The van der Waals surface area contributed by atoms with Crippen molar-refractivity contribution < 1.29 is 8.42 Å². The van der Waals surface area contributed by atoms with Crippen molar-refractivity contribution >= 4 is 33.4 Å². The van der Waals surface area contributed by atoms with Crippen LogP contribution >= 0.6 is 23.4 Å². The summed E-state index contributed by atoms with van der Waals surface area (Å²) in [6.07, 6.45) is 3.69. The Labute approximate surface area is 178 Å². The number of benzene rings is 2. The number of rotatable bonds is 6. The molecule has 0 radical (unpaired) electrons. The molecule has 2 atom stereocenters. The van der Waals surface area contributed by atoms with Gasteiger partial charge in [0.25, 0.3) is 0 Å². The summed E-state index contributed by atoms with van der Waals surface area (Å²) in [6, 6.07) is 15.7. The van der Waals surface area contributed by atoms with Gasteiger partial charge in [0.1, 0.15) is 0 Å². The normalized spacial score (nSPS) is 19.9. The van der Waals surface area contributed by atoms with Gasteiger partial charge in [-0.25, -0.2) is 13.1 Å². The van der Waals surface area contributed by atoms with E-state index in [9.17, 15) is 8.42 Å². The van der Waals surface area contributed by atoms with Crippen molar-refractivity contribution in [1.82, 2.24) is 24.9 Å². The molecule has 1 saturated carbocycles. The van der Waals surface area contributed by atoms with Gasteiger partial charge in [-0.2, -0.15) is 4.68 Å². The van der Waals surface area contributed by atoms with E-state index in [2.05, 4.69) is 20.2 Å². The Balaban J connectivity index is 1.53. The van der Waals surface area contributed by atoms with Gasteiger partial charge in [0.15, 0.2) is 0 Å². The largest absolute Gasteiger partial charge is 0.240 e. The number of aromatic nitrogens is 4. The van der Waals surface area contributed by atoms with Crippen molar-refractivity contribution in [3.8, 4) is 5.69 Å². The fourth-order valence-electron chi connectivity index (χ4n) is 3.37. The van der Waals surface area contributed by atoms with Crippen molar-refractivity contribution in [1.29, 1.82) is 0 Å². The van der Waals surface area contributed by atoms with Crippen LogP contribution in [0.2, 0.25) is 5.02 Å². The SMILES string of the molecule is O=S(=O)(N[C@H]1CCCC[C@@H]1Sc1nnnn1-c1ccccc1)c1ccc(Cl)cc1. The quantitative estimate of drug-likeness (QED) is 0.617. The van der Waals surface area contributed by atoms with Gasteiger partial charge in [-0.05, 0) is 59.7 Å². The molecule has 1 aliphatic rings. The van der Waals surface area contributed by atoms with Crippen LogP contribution in [0, 0.1) is 0 Å². The Hall–Kier alpha value is -1.94. The van der Waals surface area contributed by atoms with Crippen LogP contribution in [0.3, 0.4) is 0 Å². The van der Waals surface area contributed by atoms with Gasteiger partial charge in [-0.15, -0.1) is 5.10 Å². The topological polar surface area (TPSA) is 89.8 Å². The molecule has 0 unspecified atom stereocenters. The van der Waals surface area contributed by atoms with Crippen LogP contribution in [0.25, 0.3) is 5.69 Å². The molecular formula is C19H20ClN5O2S2. The second kappa shape index (κ2) is 8.83. The molecular weight excluding hydrogens is 430 g/mol. The molecule has 1 aliphatic carbocycles. The number of halogens is 1. The Morgan fingerprint density at radius 2 is 1.76 bits per heavy atom. The van der Waals surface area contributed by atoms with Crippen LogP contribution in [0.5, 0.6) is 0 Å². The Morgan fingerprint density at radius 3 is 2.52 bits per heavy atom. The molecule has 0 bridgehead atoms. The first-order valence-electron chi connectivity index (χ1n) is 9.31. The van der Waals surface area contributed by atoms with Crippen LogP contribution in [0.1, 0.15) is 25.7 Å². The molecule has 1 N–H and O–H groups in total. The minimum atomic E-state index is -3.63. The smallest absolute Gasteiger partial charge is 0.207 e. The lowest BCUT2D eigenvalue weighted by Gasteiger charge is -2.31. The van der Waals surface area contributed by atoms with E-state index in [0.29, 0.717) is 10.2 Å². The van der Waals surface area contributed by atoms with E-state index in [1.54, 1.807) is 16.8 Å². The van der Waals surface area contributed by atoms with Gasteiger partial charge in [0, 0.05) is 16.3 Å². The predicted octanol–water partition coefficient (Wildman–Crippen LogP) is 3.70. The minimum absolute atomic E-state index is 0.0410. The molecule has 29 heavy (non-hydrogen) atoms. The fourth-order valence-corrected chi connectivity index (χ4v) is 6.15. The number of nitrogens with one attached hydrogen (secondary N) is 1. The number of hydrogen-bond donors (Lipinski definition) is 1. The molecule has 0 saturated heterocycles. The van der Waals surface area contributed by atoms with Crippen LogP contribution in [-0.4, -0.2) is 39.9 Å². The van der Waals surface area contributed by atoms with E-state index < -0.39 is 10.0 Å². The van der Waals surface area contributed by atoms with Gasteiger partial charge in [-0.3, -0.25) is 0 Å². The first-order valence-corrected chi connectivity index (χ1v) is 12.1. The molecule has 10 heteroatoms. The summed E-state index contributed by atoms with van der Waals surface area (Å²) in [5, 5.41) is 13.3. The zero-order valence-electron chi connectivity index (χ0n) is 15.5. The van der Waals surface area contributed by atoms with Crippen molar-refractivity contribution in [2.75, 3.05) is 0 Å². The molecule has 0 spiro atoms. The van der Waals surface area contributed by atoms with E-state index in [1.807, 2.05) is 30.3 Å². The average Bonchev–Trinajstić information content (AvgIpc) is 3.18. The van der Waals surface area contributed by atoms with Crippen molar-refractivity contribution in [3.05, 3.63) is 59.6 Å².